The first-order chi connectivity index (χ1) is 4.34. The van der Waals surface area contributed by atoms with E-state index in [1.165, 1.54) is 10.5 Å². The Morgan fingerprint density at radius 1 is 1.33 bits per heavy atom. The molecule has 1 aromatic rings. The van der Waals surface area contributed by atoms with Crippen molar-refractivity contribution in [2.75, 3.05) is 0 Å². The van der Waals surface area contributed by atoms with Gasteiger partial charge in [-0.15, -0.1) is 11.8 Å². The Bertz CT molecular complexity index is 194. The van der Waals surface area contributed by atoms with Crippen LogP contribution in [0, 0.1) is 13.2 Å². The molecule has 1 aromatic carbocycles. The lowest BCUT2D eigenvalue weighted by Crippen LogP contribution is -1.73. The first kappa shape index (κ1) is 6.69. The second-order valence-corrected chi connectivity index (χ2v) is 2.64. The second kappa shape index (κ2) is 2.92. The lowest BCUT2D eigenvalue weighted by atomic mass is 10.2. The van der Waals surface area contributed by atoms with Crippen LogP contribution < -0.4 is 0 Å². The highest BCUT2D eigenvalue weighted by Crippen LogP contribution is 2.19. The van der Waals surface area contributed by atoms with Gasteiger partial charge in [-0.25, -0.2) is 0 Å². The maximum absolute atomic E-state index is 3.73. The summed E-state index contributed by atoms with van der Waals surface area (Å²) in [6.45, 7) is 2.09. The number of benzene rings is 1. The standard InChI is InChI=1S/C8H9S/c1-7-5-3-4-6-8(7)9-2/h3-6H,2H2,1H3. The zero-order valence-corrected chi connectivity index (χ0v) is 6.24. The van der Waals surface area contributed by atoms with E-state index in [2.05, 4.69) is 25.3 Å². The summed E-state index contributed by atoms with van der Waals surface area (Å²) in [7, 11) is 0. The smallest absolute Gasteiger partial charge is 0.0101 e. The van der Waals surface area contributed by atoms with Crippen LogP contribution >= 0.6 is 11.8 Å². The van der Waals surface area contributed by atoms with E-state index >= 15 is 0 Å². The molecule has 0 N–H and O–H groups in total. The van der Waals surface area contributed by atoms with Crippen molar-refractivity contribution in [2.24, 2.45) is 0 Å². The maximum Gasteiger partial charge on any atom is 0.0101 e. The molecule has 0 aromatic heterocycles. The van der Waals surface area contributed by atoms with Crippen molar-refractivity contribution in [3.8, 4) is 0 Å². The molecule has 9 heavy (non-hydrogen) atoms. The van der Waals surface area contributed by atoms with Gasteiger partial charge in [-0.2, -0.15) is 0 Å². The van der Waals surface area contributed by atoms with Gasteiger partial charge in [0.2, 0.25) is 0 Å². The van der Waals surface area contributed by atoms with E-state index in [9.17, 15) is 0 Å². The fourth-order valence-electron chi connectivity index (χ4n) is 0.718. The quantitative estimate of drug-likeness (QED) is 0.536. The summed E-state index contributed by atoms with van der Waals surface area (Å²) in [6, 6.07) is 8.23. The molecule has 1 heteroatoms. The first-order valence-corrected chi connectivity index (χ1v) is 3.81. The average molecular weight is 137 g/mol. The van der Waals surface area contributed by atoms with E-state index < -0.39 is 0 Å². The van der Waals surface area contributed by atoms with Crippen LogP contribution in [0.1, 0.15) is 5.56 Å². The van der Waals surface area contributed by atoms with Crippen molar-refractivity contribution in [1.82, 2.24) is 0 Å². The molecular formula is C8H9S. The molecule has 0 nitrogen and oxygen atoms in total. The van der Waals surface area contributed by atoms with Gasteiger partial charge in [0, 0.05) is 11.2 Å². The molecule has 0 heterocycles. The zero-order valence-electron chi connectivity index (χ0n) is 5.42. The highest BCUT2D eigenvalue weighted by atomic mass is 32.2. The molecule has 1 radical (unpaired) electrons. The van der Waals surface area contributed by atoms with Gasteiger partial charge in [-0.1, -0.05) is 18.2 Å². The maximum atomic E-state index is 3.73. The lowest BCUT2D eigenvalue weighted by molar-refractivity contribution is 1.31. The summed E-state index contributed by atoms with van der Waals surface area (Å²) in [6.07, 6.45) is 3.73. The topological polar surface area (TPSA) is 0 Å². The van der Waals surface area contributed by atoms with Crippen molar-refractivity contribution in [3.05, 3.63) is 36.1 Å². The summed E-state index contributed by atoms with van der Waals surface area (Å²) >= 11 is 1.55. The van der Waals surface area contributed by atoms with Crippen LogP contribution in [-0.4, -0.2) is 0 Å². The van der Waals surface area contributed by atoms with Crippen LogP contribution in [0.4, 0.5) is 0 Å². The average Bonchev–Trinajstić information content (AvgIpc) is 1.89. The molecule has 0 aliphatic rings. The Hall–Kier alpha value is -0.430. The molecule has 47 valence electrons. The highest BCUT2D eigenvalue weighted by Gasteiger charge is 1.90. The van der Waals surface area contributed by atoms with E-state index in [0.717, 1.165) is 0 Å². The Kier molecular flexibility index (Phi) is 2.17. The zero-order chi connectivity index (χ0) is 6.69. The van der Waals surface area contributed by atoms with Crippen molar-refractivity contribution >= 4 is 11.8 Å². The van der Waals surface area contributed by atoms with E-state index in [4.69, 9.17) is 0 Å². The monoisotopic (exact) mass is 137 g/mol. The Morgan fingerprint density at radius 2 is 2.00 bits per heavy atom. The van der Waals surface area contributed by atoms with E-state index in [1.54, 1.807) is 11.8 Å². The fourth-order valence-corrected chi connectivity index (χ4v) is 1.19. The summed E-state index contributed by atoms with van der Waals surface area (Å²) in [5.41, 5.74) is 1.30. The molecule has 0 unspecified atom stereocenters. The Morgan fingerprint density at radius 3 is 2.44 bits per heavy atom. The van der Waals surface area contributed by atoms with E-state index in [-0.39, 0.29) is 0 Å². The fraction of sp³-hybridized carbons (Fsp3) is 0.125. The van der Waals surface area contributed by atoms with Crippen LogP contribution in [0.25, 0.3) is 0 Å². The predicted molar refractivity (Wildman–Crippen MR) is 42.4 cm³/mol. The largest absolute Gasteiger partial charge is 0.125 e. The molecule has 0 bridgehead atoms. The molecule has 0 spiro atoms. The van der Waals surface area contributed by atoms with Crippen molar-refractivity contribution in [1.29, 1.82) is 0 Å². The van der Waals surface area contributed by atoms with E-state index in [1.807, 2.05) is 12.1 Å². The van der Waals surface area contributed by atoms with E-state index in [0.29, 0.717) is 0 Å². The molecule has 1 rings (SSSR count). The summed E-state index contributed by atoms with van der Waals surface area (Å²) in [4.78, 5) is 1.26. The second-order valence-electron chi connectivity index (χ2n) is 1.91. The molecule has 0 aliphatic carbocycles. The number of hydrogen-bond acceptors (Lipinski definition) is 1. The Labute approximate surface area is 60.3 Å². The van der Waals surface area contributed by atoms with Crippen LogP contribution in [0.3, 0.4) is 0 Å². The predicted octanol–water partition coefficient (Wildman–Crippen LogP) is 2.88. The van der Waals surface area contributed by atoms with Gasteiger partial charge in [0.25, 0.3) is 0 Å². The molecule has 0 amide bonds. The van der Waals surface area contributed by atoms with Gasteiger partial charge in [0.1, 0.15) is 0 Å². The van der Waals surface area contributed by atoms with Crippen LogP contribution in [-0.2, 0) is 0 Å². The third-order valence-corrected chi connectivity index (χ3v) is 2.02. The third kappa shape index (κ3) is 1.49. The minimum atomic E-state index is 1.26. The summed E-state index contributed by atoms with van der Waals surface area (Å²) < 4.78 is 0. The molecule has 0 atom stereocenters. The first-order valence-electron chi connectivity index (χ1n) is 2.82. The third-order valence-electron chi connectivity index (χ3n) is 1.25. The number of thioether (sulfide) groups is 1. The number of aryl methyl sites for hydroxylation is 1. The van der Waals surface area contributed by atoms with Gasteiger partial charge < -0.3 is 0 Å². The normalized spacial score (nSPS) is 9.56. The van der Waals surface area contributed by atoms with Crippen molar-refractivity contribution in [2.45, 2.75) is 11.8 Å². The van der Waals surface area contributed by atoms with Gasteiger partial charge in [0.05, 0.1) is 0 Å². The van der Waals surface area contributed by atoms with Gasteiger partial charge in [-0.05, 0) is 18.6 Å². The minimum Gasteiger partial charge on any atom is -0.125 e. The molecular weight excluding hydrogens is 128 g/mol. The lowest BCUT2D eigenvalue weighted by Gasteiger charge is -1.97. The molecule has 0 saturated carbocycles. The number of rotatable bonds is 1. The molecule has 0 aliphatic heterocycles. The van der Waals surface area contributed by atoms with Crippen molar-refractivity contribution < 1.29 is 0 Å². The minimum absolute atomic E-state index is 1.26. The molecule has 0 saturated heterocycles. The van der Waals surface area contributed by atoms with Crippen LogP contribution in [0.5, 0.6) is 0 Å². The number of hydrogen-bond donors (Lipinski definition) is 0. The SMILES string of the molecule is [CH2]Sc1ccccc1C. The Balaban J connectivity index is 3.01. The van der Waals surface area contributed by atoms with Gasteiger partial charge in [-0.3, -0.25) is 0 Å². The van der Waals surface area contributed by atoms with Crippen LogP contribution in [0.2, 0.25) is 0 Å². The molecule has 0 fully saturated rings. The summed E-state index contributed by atoms with van der Waals surface area (Å²) in [5.74, 6) is 0. The van der Waals surface area contributed by atoms with Gasteiger partial charge >= 0.3 is 0 Å². The van der Waals surface area contributed by atoms with Crippen molar-refractivity contribution in [3.63, 3.8) is 0 Å². The van der Waals surface area contributed by atoms with Gasteiger partial charge in [0.15, 0.2) is 0 Å². The summed E-state index contributed by atoms with van der Waals surface area (Å²) in [5, 5.41) is 0. The highest BCUT2D eigenvalue weighted by molar-refractivity contribution is 8.00. The van der Waals surface area contributed by atoms with Crippen LogP contribution in [0.15, 0.2) is 29.2 Å².